The van der Waals surface area contributed by atoms with E-state index in [0.717, 1.165) is 48.0 Å². The van der Waals surface area contributed by atoms with E-state index in [-0.39, 0.29) is 5.91 Å². The number of nitrogens with zero attached hydrogens (tertiary/aromatic N) is 2. The van der Waals surface area contributed by atoms with Gasteiger partial charge < -0.3 is 14.3 Å². The number of rotatable bonds is 6. The van der Waals surface area contributed by atoms with Gasteiger partial charge in [-0.1, -0.05) is 5.16 Å². The predicted octanol–water partition coefficient (Wildman–Crippen LogP) is 4.21. The highest BCUT2D eigenvalue weighted by Crippen LogP contribution is 2.37. The van der Waals surface area contributed by atoms with Crippen molar-refractivity contribution in [2.75, 3.05) is 6.54 Å². The molecule has 7 heteroatoms. The van der Waals surface area contributed by atoms with Crippen LogP contribution in [0.15, 0.2) is 39.5 Å². The zero-order valence-corrected chi connectivity index (χ0v) is 16.3. The summed E-state index contributed by atoms with van der Waals surface area (Å²) in [7, 11) is 0. The Hall–Kier alpha value is -2.38. The summed E-state index contributed by atoms with van der Waals surface area (Å²) in [6, 6.07) is 8.02. The zero-order valence-electron chi connectivity index (χ0n) is 15.5. The van der Waals surface area contributed by atoms with Crippen molar-refractivity contribution in [1.29, 1.82) is 0 Å². The molecule has 6 nitrogen and oxygen atoms in total. The Morgan fingerprint density at radius 1 is 1.37 bits per heavy atom. The van der Waals surface area contributed by atoms with E-state index in [0.29, 0.717) is 12.6 Å². The molecule has 0 spiro atoms. The smallest absolute Gasteiger partial charge is 0.261 e. The van der Waals surface area contributed by atoms with Gasteiger partial charge in [0.05, 0.1) is 23.4 Å². The summed E-state index contributed by atoms with van der Waals surface area (Å²) in [6.45, 7) is 6.24. The largest absolute Gasteiger partial charge is 0.467 e. The van der Waals surface area contributed by atoms with Gasteiger partial charge in [0.2, 0.25) is 0 Å². The van der Waals surface area contributed by atoms with Gasteiger partial charge in [-0.25, -0.2) is 0 Å². The first-order chi connectivity index (χ1) is 13.1. The topological polar surface area (TPSA) is 71.5 Å². The SMILES string of the molecule is Cc1noc(C)c1CN1CCC[C@@H]1c1ccc(C(=O)NCc2ccco2)s1. The molecule has 3 aromatic rings. The number of aryl methyl sites for hydroxylation is 2. The van der Waals surface area contributed by atoms with E-state index in [1.54, 1.807) is 17.6 Å². The van der Waals surface area contributed by atoms with Crippen molar-refractivity contribution >= 4 is 17.2 Å². The quantitative estimate of drug-likeness (QED) is 0.688. The molecule has 4 heterocycles. The van der Waals surface area contributed by atoms with Crippen molar-refractivity contribution in [3.63, 3.8) is 0 Å². The lowest BCUT2D eigenvalue weighted by molar-refractivity contribution is 0.0952. The van der Waals surface area contributed by atoms with E-state index in [1.165, 1.54) is 10.4 Å². The van der Waals surface area contributed by atoms with Crippen LogP contribution in [0.1, 0.15) is 56.2 Å². The number of likely N-dealkylation sites (tertiary alicyclic amines) is 1. The molecule has 0 bridgehead atoms. The molecule has 1 aliphatic rings. The van der Waals surface area contributed by atoms with E-state index in [4.69, 9.17) is 8.94 Å². The molecular formula is C20H23N3O3S. The Labute approximate surface area is 162 Å². The molecule has 142 valence electrons. The van der Waals surface area contributed by atoms with Crippen molar-refractivity contribution < 1.29 is 13.7 Å². The molecule has 27 heavy (non-hydrogen) atoms. The van der Waals surface area contributed by atoms with Crippen LogP contribution in [0.4, 0.5) is 0 Å². The lowest BCUT2D eigenvalue weighted by atomic mass is 10.1. The van der Waals surface area contributed by atoms with Gasteiger partial charge in [0.25, 0.3) is 5.91 Å². The van der Waals surface area contributed by atoms with Gasteiger partial charge in [0, 0.05) is 23.0 Å². The first-order valence-corrected chi connectivity index (χ1v) is 9.99. The second-order valence-corrected chi connectivity index (χ2v) is 8.01. The summed E-state index contributed by atoms with van der Waals surface area (Å²) < 4.78 is 10.6. The summed E-state index contributed by atoms with van der Waals surface area (Å²) in [4.78, 5) is 16.9. The van der Waals surface area contributed by atoms with E-state index in [2.05, 4.69) is 21.4 Å². The first kappa shape index (κ1) is 18.0. The summed E-state index contributed by atoms with van der Waals surface area (Å²) >= 11 is 1.58. The standard InChI is InChI=1S/C20H23N3O3S/c1-13-16(14(2)26-22-13)12-23-9-3-6-17(23)18-7-8-19(27-18)20(24)21-11-15-5-4-10-25-15/h4-5,7-8,10,17H,3,6,9,11-12H2,1-2H3,(H,21,24)/t17-/m1/s1. The predicted molar refractivity (Wildman–Crippen MR) is 103 cm³/mol. The van der Waals surface area contributed by atoms with Gasteiger partial charge in [-0.15, -0.1) is 11.3 Å². The molecule has 0 saturated carbocycles. The summed E-state index contributed by atoms with van der Waals surface area (Å²) in [5, 5.41) is 6.98. The summed E-state index contributed by atoms with van der Waals surface area (Å²) in [5.41, 5.74) is 2.14. The normalized spacial score (nSPS) is 17.5. The minimum Gasteiger partial charge on any atom is -0.467 e. The molecule has 1 saturated heterocycles. The molecule has 1 amide bonds. The highest BCUT2D eigenvalue weighted by Gasteiger charge is 2.29. The third-order valence-corrected chi connectivity index (χ3v) is 6.27. The Morgan fingerprint density at radius 3 is 3.00 bits per heavy atom. The first-order valence-electron chi connectivity index (χ1n) is 9.18. The minimum atomic E-state index is -0.0575. The minimum absolute atomic E-state index is 0.0575. The number of hydrogen-bond acceptors (Lipinski definition) is 6. The van der Waals surface area contributed by atoms with Crippen LogP contribution in [-0.2, 0) is 13.1 Å². The molecule has 0 unspecified atom stereocenters. The van der Waals surface area contributed by atoms with Gasteiger partial charge >= 0.3 is 0 Å². The molecule has 0 radical (unpaired) electrons. The van der Waals surface area contributed by atoms with Crippen LogP contribution in [0.5, 0.6) is 0 Å². The molecule has 4 rings (SSSR count). The van der Waals surface area contributed by atoms with Crippen LogP contribution < -0.4 is 5.32 Å². The highest BCUT2D eigenvalue weighted by atomic mass is 32.1. The zero-order chi connectivity index (χ0) is 18.8. The number of carbonyl (C=O) groups is 1. The van der Waals surface area contributed by atoms with E-state index >= 15 is 0 Å². The van der Waals surface area contributed by atoms with Crippen LogP contribution >= 0.6 is 11.3 Å². The fraction of sp³-hybridized carbons (Fsp3) is 0.400. The lowest BCUT2D eigenvalue weighted by Crippen LogP contribution is -2.23. The number of thiophene rings is 1. The Bertz CT molecular complexity index is 893. The molecule has 1 aliphatic heterocycles. The lowest BCUT2D eigenvalue weighted by Gasteiger charge is -2.23. The number of aromatic nitrogens is 1. The van der Waals surface area contributed by atoms with Crippen LogP contribution in [0.25, 0.3) is 0 Å². The molecular weight excluding hydrogens is 362 g/mol. The number of nitrogens with one attached hydrogen (secondary N) is 1. The van der Waals surface area contributed by atoms with Crippen LogP contribution in [0, 0.1) is 13.8 Å². The number of furan rings is 1. The van der Waals surface area contributed by atoms with E-state index in [9.17, 15) is 4.79 Å². The van der Waals surface area contributed by atoms with E-state index < -0.39 is 0 Å². The monoisotopic (exact) mass is 385 g/mol. The molecule has 0 aliphatic carbocycles. The maximum atomic E-state index is 12.4. The Balaban J connectivity index is 1.43. The van der Waals surface area contributed by atoms with Crippen LogP contribution in [0.2, 0.25) is 0 Å². The Morgan fingerprint density at radius 2 is 2.26 bits per heavy atom. The number of carbonyl (C=O) groups excluding carboxylic acids is 1. The summed E-state index contributed by atoms with van der Waals surface area (Å²) in [6.07, 6.45) is 3.88. The molecule has 3 aromatic heterocycles. The van der Waals surface area contributed by atoms with Crippen LogP contribution in [-0.4, -0.2) is 22.5 Å². The van der Waals surface area contributed by atoms with Crippen molar-refractivity contribution in [3.8, 4) is 0 Å². The fourth-order valence-electron chi connectivity index (χ4n) is 3.59. The van der Waals surface area contributed by atoms with Crippen molar-refractivity contribution in [1.82, 2.24) is 15.4 Å². The van der Waals surface area contributed by atoms with Gasteiger partial charge in [-0.2, -0.15) is 0 Å². The van der Waals surface area contributed by atoms with Crippen molar-refractivity contribution in [2.24, 2.45) is 0 Å². The van der Waals surface area contributed by atoms with Crippen molar-refractivity contribution in [3.05, 3.63) is 63.1 Å². The molecule has 1 fully saturated rings. The third-order valence-electron chi connectivity index (χ3n) is 5.09. The average molecular weight is 385 g/mol. The number of amides is 1. The number of hydrogen-bond donors (Lipinski definition) is 1. The average Bonchev–Trinajstić information content (AvgIpc) is 3.44. The third kappa shape index (κ3) is 3.84. The van der Waals surface area contributed by atoms with Crippen LogP contribution in [0.3, 0.4) is 0 Å². The molecule has 1 atom stereocenters. The molecule has 0 aromatic carbocycles. The highest BCUT2D eigenvalue weighted by molar-refractivity contribution is 7.14. The van der Waals surface area contributed by atoms with Gasteiger partial charge in [-0.05, 0) is 57.5 Å². The maximum absolute atomic E-state index is 12.4. The maximum Gasteiger partial charge on any atom is 0.261 e. The summed E-state index contributed by atoms with van der Waals surface area (Å²) in [5.74, 6) is 1.59. The Kier molecular flexibility index (Phi) is 5.13. The second kappa shape index (κ2) is 7.70. The van der Waals surface area contributed by atoms with E-state index in [1.807, 2.05) is 32.0 Å². The second-order valence-electron chi connectivity index (χ2n) is 6.90. The van der Waals surface area contributed by atoms with Gasteiger partial charge in [0.15, 0.2) is 0 Å². The molecule has 1 N–H and O–H groups in total. The van der Waals surface area contributed by atoms with Gasteiger partial charge in [-0.3, -0.25) is 9.69 Å². The fourth-order valence-corrected chi connectivity index (χ4v) is 4.68. The van der Waals surface area contributed by atoms with Gasteiger partial charge in [0.1, 0.15) is 11.5 Å². The van der Waals surface area contributed by atoms with Crippen molar-refractivity contribution in [2.45, 2.75) is 45.8 Å².